The molecule has 0 spiro atoms. The number of benzene rings is 1. The van der Waals surface area contributed by atoms with Crippen LogP contribution in [0.15, 0.2) is 23.8 Å². The predicted octanol–water partition coefficient (Wildman–Crippen LogP) is 3.36. The van der Waals surface area contributed by atoms with Crippen LogP contribution in [0, 0.1) is 0 Å². The van der Waals surface area contributed by atoms with Crippen LogP contribution in [0.5, 0.6) is 0 Å². The molecule has 0 unspecified atom stereocenters. The van der Waals surface area contributed by atoms with E-state index >= 15 is 0 Å². The SMILES string of the molecule is CC(=Cc1cccc(Cl)c1Cl)CN. The first-order valence-corrected chi connectivity index (χ1v) is 4.72. The van der Waals surface area contributed by atoms with E-state index in [0.29, 0.717) is 16.6 Å². The van der Waals surface area contributed by atoms with Crippen LogP contribution in [0.25, 0.3) is 6.08 Å². The third-order valence-electron chi connectivity index (χ3n) is 1.71. The third kappa shape index (κ3) is 2.73. The van der Waals surface area contributed by atoms with Crippen LogP contribution >= 0.6 is 23.2 Å². The van der Waals surface area contributed by atoms with Crippen LogP contribution in [-0.4, -0.2) is 6.54 Å². The van der Waals surface area contributed by atoms with Gasteiger partial charge in [-0.25, -0.2) is 0 Å². The molecule has 0 atom stereocenters. The van der Waals surface area contributed by atoms with Gasteiger partial charge in [-0.1, -0.05) is 47.0 Å². The number of hydrogen-bond donors (Lipinski definition) is 1. The average molecular weight is 216 g/mol. The second-order valence-electron chi connectivity index (χ2n) is 2.84. The largest absolute Gasteiger partial charge is 0.327 e. The molecule has 0 bridgehead atoms. The molecular weight excluding hydrogens is 205 g/mol. The molecule has 0 fully saturated rings. The lowest BCUT2D eigenvalue weighted by molar-refractivity contribution is 1.15. The van der Waals surface area contributed by atoms with Gasteiger partial charge in [-0.05, 0) is 18.6 Å². The highest BCUT2D eigenvalue weighted by molar-refractivity contribution is 6.42. The molecule has 0 aromatic heterocycles. The Kier molecular flexibility index (Phi) is 3.79. The van der Waals surface area contributed by atoms with E-state index < -0.39 is 0 Å². The van der Waals surface area contributed by atoms with Crippen LogP contribution in [0.4, 0.5) is 0 Å². The van der Waals surface area contributed by atoms with Gasteiger partial charge in [-0.15, -0.1) is 0 Å². The first-order chi connectivity index (χ1) is 6.15. The molecule has 1 rings (SSSR count). The topological polar surface area (TPSA) is 26.0 Å². The van der Waals surface area contributed by atoms with Crippen LogP contribution < -0.4 is 5.73 Å². The van der Waals surface area contributed by atoms with E-state index in [2.05, 4.69) is 0 Å². The summed E-state index contributed by atoms with van der Waals surface area (Å²) in [6.07, 6.45) is 1.94. The Balaban J connectivity index is 3.09. The zero-order chi connectivity index (χ0) is 9.84. The van der Waals surface area contributed by atoms with Crippen LogP contribution in [-0.2, 0) is 0 Å². The van der Waals surface area contributed by atoms with E-state index in [-0.39, 0.29) is 0 Å². The van der Waals surface area contributed by atoms with E-state index in [4.69, 9.17) is 28.9 Å². The average Bonchev–Trinajstić information content (AvgIpc) is 2.13. The zero-order valence-electron chi connectivity index (χ0n) is 7.35. The minimum atomic E-state index is 0.531. The van der Waals surface area contributed by atoms with Gasteiger partial charge in [0.15, 0.2) is 0 Å². The fourth-order valence-corrected chi connectivity index (χ4v) is 1.32. The second-order valence-corrected chi connectivity index (χ2v) is 3.62. The fraction of sp³-hybridized carbons (Fsp3) is 0.200. The number of rotatable bonds is 2. The molecule has 0 amide bonds. The van der Waals surface area contributed by atoms with Gasteiger partial charge in [0, 0.05) is 6.54 Å². The predicted molar refractivity (Wildman–Crippen MR) is 59.2 cm³/mol. The Hall–Kier alpha value is -0.500. The maximum Gasteiger partial charge on any atom is 0.0664 e. The maximum absolute atomic E-state index is 5.98. The lowest BCUT2D eigenvalue weighted by Crippen LogP contribution is -1.99. The Morgan fingerprint density at radius 3 is 2.77 bits per heavy atom. The fourth-order valence-electron chi connectivity index (χ4n) is 0.956. The normalized spacial score (nSPS) is 11.8. The quantitative estimate of drug-likeness (QED) is 0.805. The third-order valence-corrected chi connectivity index (χ3v) is 2.54. The summed E-state index contributed by atoms with van der Waals surface area (Å²) in [4.78, 5) is 0. The van der Waals surface area contributed by atoms with Gasteiger partial charge < -0.3 is 5.73 Å². The van der Waals surface area contributed by atoms with Crippen molar-refractivity contribution in [1.29, 1.82) is 0 Å². The number of hydrogen-bond acceptors (Lipinski definition) is 1. The van der Waals surface area contributed by atoms with E-state index in [9.17, 15) is 0 Å². The molecule has 0 aliphatic heterocycles. The van der Waals surface area contributed by atoms with Crippen LogP contribution in [0.2, 0.25) is 10.0 Å². The highest BCUT2D eigenvalue weighted by atomic mass is 35.5. The Bertz CT molecular complexity index is 332. The van der Waals surface area contributed by atoms with Gasteiger partial charge in [0.1, 0.15) is 0 Å². The Morgan fingerprint density at radius 1 is 1.46 bits per heavy atom. The molecule has 1 aromatic rings. The molecule has 0 heterocycles. The van der Waals surface area contributed by atoms with Gasteiger partial charge in [0.05, 0.1) is 10.0 Å². The Morgan fingerprint density at radius 2 is 2.15 bits per heavy atom. The molecule has 0 radical (unpaired) electrons. The molecule has 0 aliphatic rings. The minimum Gasteiger partial charge on any atom is -0.327 e. The summed E-state index contributed by atoms with van der Waals surface area (Å²) in [6, 6.07) is 5.54. The molecule has 0 saturated carbocycles. The first-order valence-electron chi connectivity index (χ1n) is 3.96. The lowest BCUT2D eigenvalue weighted by Gasteiger charge is -2.01. The van der Waals surface area contributed by atoms with Crippen LogP contribution in [0.1, 0.15) is 12.5 Å². The van der Waals surface area contributed by atoms with E-state index in [1.165, 1.54) is 0 Å². The lowest BCUT2D eigenvalue weighted by atomic mass is 10.1. The van der Waals surface area contributed by atoms with Crippen molar-refractivity contribution in [1.82, 2.24) is 0 Å². The molecular formula is C10H11Cl2N. The Labute approximate surface area is 88.1 Å². The molecule has 1 aromatic carbocycles. The molecule has 13 heavy (non-hydrogen) atoms. The molecule has 3 heteroatoms. The summed E-state index contributed by atoms with van der Waals surface area (Å²) >= 11 is 11.8. The molecule has 2 N–H and O–H groups in total. The van der Waals surface area contributed by atoms with Gasteiger partial charge in [0.25, 0.3) is 0 Å². The summed E-state index contributed by atoms with van der Waals surface area (Å²) in [5, 5.41) is 1.15. The molecule has 0 saturated heterocycles. The molecule has 70 valence electrons. The van der Waals surface area contributed by atoms with E-state index in [0.717, 1.165) is 11.1 Å². The summed E-state index contributed by atoms with van der Waals surface area (Å²) in [7, 11) is 0. The zero-order valence-corrected chi connectivity index (χ0v) is 8.86. The van der Waals surface area contributed by atoms with Crippen molar-refractivity contribution < 1.29 is 0 Å². The van der Waals surface area contributed by atoms with Crippen molar-refractivity contribution in [2.45, 2.75) is 6.92 Å². The van der Waals surface area contributed by atoms with E-state index in [1.807, 2.05) is 25.1 Å². The number of nitrogens with two attached hydrogens (primary N) is 1. The maximum atomic E-state index is 5.98. The summed E-state index contributed by atoms with van der Waals surface area (Å²) in [5.41, 5.74) is 7.45. The molecule has 1 nitrogen and oxygen atoms in total. The van der Waals surface area contributed by atoms with Crippen LogP contribution in [0.3, 0.4) is 0 Å². The minimum absolute atomic E-state index is 0.531. The highest BCUT2D eigenvalue weighted by Gasteiger charge is 2.01. The summed E-state index contributed by atoms with van der Waals surface area (Å²) in [5.74, 6) is 0. The summed E-state index contributed by atoms with van der Waals surface area (Å²) in [6.45, 7) is 2.49. The van der Waals surface area contributed by atoms with Crippen molar-refractivity contribution >= 4 is 29.3 Å². The smallest absolute Gasteiger partial charge is 0.0664 e. The van der Waals surface area contributed by atoms with Crippen molar-refractivity contribution in [2.75, 3.05) is 6.54 Å². The monoisotopic (exact) mass is 215 g/mol. The summed E-state index contributed by atoms with van der Waals surface area (Å²) < 4.78 is 0. The van der Waals surface area contributed by atoms with Crippen molar-refractivity contribution in [3.63, 3.8) is 0 Å². The van der Waals surface area contributed by atoms with Crippen molar-refractivity contribution in [3.05, 3.63) is 39.4 Å². The van der Waals surface area contributed by atoms with E-state index in [1.54, 1.807) is 6.07 Å². The van der Waals surface area contributed by atoms with Gasteiger partial charge >= 0.3 is 0 Å². The molecule has 0 aliphatic carbocycles. The van der Waals surface area contributed by atoms with Gasteiger partial charge in [0.2, 0.25) is 0 Å². The van der Waals surface area contributed by atoms with Crippen molar-refractivity contribution in [3.8, 4) is 0 Å². The highest BCUT2D eigenvalue weighted by Crippen LogP contribution is 2.26. The van der Waals surface area contributed by atoms with Gasteiger partial charge in [-0.2, -0.15) is 0 Å². The van der Waals surface area contributed by atoms with Gasteiger partial charge in [-0.3, -0.25) is 0 Å². The number of halogens is 2. The second kappa shape index (κ2) is 4.66. The standard InChI is InChI=1S/C10H11Cl2N/c1-7(6-13)5-8-3-2-4-9(11)10(8)12/h2-5H,6,13H2,1H3. The van der Waals surface area contributed by atoms with Crippen molar-refractivity contribution in [2.24, 2.45) is 5.73 Å². The first kappa shape index (κ1) is 10.6.